The van der Waals surface area contributed by atoms with Crippen LogP contribution in [0.2, 0.25) is 0 Å². The third-order valence-corrected chi connectivity index (χ3v) is 4.99. The number of carbonyl (C=O) groups is 4. The molecule has 0 fully saturated rings. The molecule has 10 nitrogen and oxygen atoms in total. The molecule has 0 radical (unpaired) electrons. The smallest absolute Gasteiger partial charge is 0.337 e. The Morgan fingerprint density at radius 3 is 2.48 bits per heavy atom. The molecular formula is C23H29N3O7. The molecule has 33 heavy (non-hydrogen) atoms. The number of unbranched alkanes of at least 4 members (excludes halogenated alkanes) is 2. The molecular weight excluding hydrogens is 430 g/mol. The first-order chi connectivity index (χ1) is 15.9. The van der Waals surface area contributed by atoms with Crippen molar-refractivity contribution in [2.24, 2.45) is 5.92 Å². The van der Waals surface area contributed by atoms with Crippen LogP contribution in [0, 0.1) is 5.92 Å². The van der Waals surface area contributed by atoms with Crippen molar-refractivity contribution in [3.8, 4) is 11.3 Å². The fourth-order valence-electron chi connectivity index (χ4n) is 3.16. The number of amides is 3. The maximum absolute atomic E-state index is 12.4. The average Bonchev–Trinajstić information content (AvgIpc) is 3.33. The van der Waals surface area contributed by atoms with E-state index < -0.39 is 17.8 Å². The van der Waals surface area contributed by atoms with Gasteiger partial charge in [-0.3, -0.25) is 19.6 Å². The van der Waals surface area contributed by atoms with Crippen LogP contribution in [0.15, 0.2) is 40.8 Å². The van der Waals surface area contributed by atoms with Gasteiger partial charge in [-0.2, -0.15) is 0 Å². The zero-order valence-electron chi connectivity index (χ0n) is 18.7. The third-order valence-electron chi connectivity index (χ3n) is 4.99. The van der Waals surface area contributed by atoms with E-state index in [2.05, 4.69) is 15.4 Å². The molecule has 0 saturated heterocycles. The number of hydrogen-bond donors (Lipinski definition) is 3. The summed E-state index contributed by atoms with van der Waals surface area (Å²) in [6.07, 6.45) is 3.44. The van der Waals surface area contributed by atoms with Crippen molar-refractivity contribution in [3.05, 3.63) is 47.7 Å². The zero-order valence-corrected chi connectivity index (χ0v) is 18.7. The number of nitrogens with zero attached hydrogens (tertiary/aromatic N) is 1. The predicted octanol–water partition coefficient (Wildman–Crippen LogP) is 2.58. The molecule has 1 aromatic carbocycles. The van der Waals surface area contributed by atoms with E-state index in [9.17, 15) is 24.4 Å². The summed E-state index contributed by atoms with van der Waals surface area (Å²) in [6, 6.07) is 9.66. The Morgan fingerprint density at radius 1 is 1.12 bits per heavy atom. The Bertz CT molecular complexity index is 940. The monoisotopic (exact) mass is 459 g/mol. The number of rotatable bonds is 13. The minimum absolute atomic E-state index is 0.0540. The first-order valence-corrected chi connectivity index (χ1v) is 10.6. The van der Waals surface area contributed by atoms with E-state index in [1.165, 1.54) is 13.2 Å². The third kappa shape index (κ3) is 7.76. The lowest BCUT2D eigenvalue weighted by atomic mass is 10.0. The average molecular weight is 459 g/mol. The van der Waals surface area contributed by atoms with Crippen molar-refractivity contribution >= 4 is 24.2 Å². The highest BCUT2D eigenvalue weighted by Gasteiger charge is 2.21. The van der Waals surface area contributed by atoms with Crippen LogP contribution in [0.1, 0.15) is 53.5 Å². The summed E-state index contributed by atoms with van der Waals surface area (Å²) in [6.45, 7) is 1.77. The summed E-state index contributed by atoms with van der Waals surface area (Å²) < 4.78 is 10.2. The van der Waals surface area contributed by atoms with Crippen LogP contribution in [-0.2, 0) is 14.3 Å². The van der Waals surface area contributed by atoms with Gasteiger partial charge in [0, 0.05) is 5.56 Å². The number of nitrogens with one attached hydrogen (secondary N) is 2. The second kappa shape index (κ2) is 13.0. The molecule has 0 unspecified atom stereocenters. The van der Waals surface area contributed by atoms with Gasteiger partial charge >= 0.3 is 5.97 Å². The lowest BCUT2D eigenvalue weighted by Gasteiger charge is -2.19. The van der Waals surface area contributed by atoms with Gasteiger partial charge in [0.25, 0.3) is 5.91 Å². The van der Waals surface area contributed by atoms with Gasteiger partial charge in [0.15, 0.2) is 5.76 Å². The maximum Gasteiger partial charge on any atom is 0.337 e. The Kier molecular flexibility index (Phi) is 10.1. The highest BCUT2D eigenvalue weighted by Crippen LogP contribution is 2.23. The largest absolute Gasteiger partial charge is 0.465 e. The van der Waals surface area contributed by atoms with Gasteiger partial charge in [-0.25, -0.2) is 9.86 Å². The molecule has 1 aromatic heterocycles. The zero-order chi connectivity index (χ0) is 24.2. The van der Waals surface area contributed by atoms with E-state index in [0.717, 1.165) is 19.3 Å². The molecule has 0 aliphatic rings. The molecule has 10 heteroatoms. The predicted molar refractivity (Wildman–Crippen MR) is 118 cm³/mol. The lowest BCUT2D eigenvalue weighted by Crippen LogP contribution is -2.42. The minimum Gasteiger partial charge on any atom is -0.465 e. The van der Waals surface area contributed by atoms with Crippen LogP contribution in [0.5, 0.6) is 0 Å². The van der Waals surface area contributed by atoms with Gasteiger partial charge in [-0.05, 0) is 30.7 Å². The van der Waals surface area contributed by atoms with Gasteiger partial charge < -0.3 is 19.8 Å². The molecule has 0 bridgehead atoms. The second-order valence-corrected chi connectivity index (χ2v) is 7.38. The quantitative estimate of drug-likeness (QED) is 0.104. The standard InChI is InChI=1S/C23H29N3O7/c1-3-4-5-6-18(13-26(31)15-27)21(28)24-14-25-22(29)20-12-11-19(33-20)16-7-9-17(10-8-16)23(30)32-2/h7-12,15,18,31H,3-6,13-14H2,1-2H3,(H,24,28)(H,25,29)/t18-/m1/s1. The Balaban J connectivity index is 1.89. The molecule has 178 valence electrons. The molecule has 1 atom stereocenters. The molecule has 3 N–H and O–H groups in total. The number of benzene rings is 1. The van der Waals surface area contributed by atoms with Crippen molar-refractivity contribution in [1.29, 1.82) is 0 Å². The number of carbonyl (C=O) groups excluding carboxylic acids is 4. The van der Waals surface area contributed by atoms with Crippen LogP contribution in [0.25, 0.3) is 11.3 Å². The molecule has 0 saturated carbocycles. The number of hydrogen-bond acceptors (Lipinski definition) is 7. The maximum atomic E-state index is 12.4. The molecule has 1 heterocycles. The molecule has 2 rings (SSSR count). The van der Waals surface area contributed by atoms with Crippen LogP contribution in [0.4, 0.5) is 0 Å². The summed E-state index contributed by atoms with van der Waals surface area (Å²) in [7, 11) is 1.30. The SMILES string of the molecule is CCCCC[C@H](CN(O)C=O)C(=O)NCNC(=O)c1ccc(-c2ccc(C(=O)OC)cc2)o1. The summed E-state index contributed by atoms with van der Waals surface area (Å²) in [5.74, 6) is -1.45. The van der Waals surface area contributed by atoms with Crippen LogP contribution in [0.3, 0.4) is 0 Å². The summed E-state index contributed by atoms with van der Waals surface area (Å²) in [4.78, 5) is 47.0. The number of hydroxylamine groups is 2. The Morgan fingerprint density at radius 2 is 1.85 bits per heavy atom. The molecule has 2 aromatic rings. The van der Waals surface area contributed by atoms with E-state index in [1.54, 1.807) is 30.3 Å². The molecule has 0 spiro atoms. The van der Waals surface area contributed by atoms with E-state index in [0.29, 0.717) is 28.4 Å². The first kappa shape index (κ1) is 25.6. The fourth-order valence-corrected chi connectivity index (χ4v) is 3.16. The minimum atomic E-state index is -0.591. The highest BCUT2D eigenvalue weighted by molar-refractivity contribution is 5.92. The van der Waals surface area contributed by atoms with Crippen LogP contribution < -0.4 is 10.6 Å². The Labute approximate surface area is 191 Å². The van der Waals surface area contributed by atoms with E-state index in [4.69, 9.17) is 4.42 Å². The van der Waals surface area contributed by atoms with Crippen molar-refractivity contribution in [3.63, 3.8) is 0 Å². The summed E-state index contributed by atoms with van der Waals surface area (Å²) >= 11 is 0. The van der Waals surface area contributed by atoms with Crippen molar-refractivity contribution < 1.29 is 33.5 Å². The van der Waals surface area contributed by atoms with Crippen molar-refractivity contribution in [2.75, 3.05) is 20.3 Å². The van der Waals surface area contributed by atoms with Gasteiger partial charge in [-0.15, -0.1) is 0 Å². The molecule has 3 amide bonds. The van der Waals surface area contributed by atoms with E-state index >= 15 is 0 Å². The van der Waals surface area contributed by atoms with Gasteiger partial charge in [0.1, 0.15) is 5.76 Å². The normalized spacial score (nSPS) is 11.4. The summed E-state index contributed by atoms with van der Waals surface area (Å²) in [5, 5.41) is 15.0. The molecule has 0 aliphatic heterocycles. The van der Waals surface area contributed by atoms with Crippen molar-refractivity contribution in [1.82, 2.24) is 15.7 Å². The van der Waals surface area contributed by atoms with Gasteiger partial charge in [0.2, 0.25) is 12.3 Å². The Hall–Kier alpha value is -3.66. The van der Waals surface area contributed by atoms with Crippen molar-refractivity contribution in [2.45, 2.75) is 32.6 Å². The first-order valence-electron chi connectivity index (χ1n) is 10.6. The number of methoxy groups -OCH3 is 1. The van der Waals surface area contributed by atoms with E-state index in [1.807, 2.05) is 6.92 Å². The molecule has 0 aliphatic carbocycles. The van der Waals surface area contributed by atoms with Gasteiger partial charge in [-0.1, -0.05) is 38.3 Å². The lowest BCUT2D eigenvalue weighted by molar-refractivity contribution is -0.154. The fraction of sp³-hybridized carbons (Fsp3) is 0.391. The summed E-state index contributed by atoms with van der Waals surface area (Å²) in [5.41, 5.74) is 1.07. The van der Waals surface area contributed by atoms with E-state index in [-0.39, 0.29) is 31.3 Å². The van der Waals surface area contributed by atoms with Crippen LogP contribution >= 0.6 is 0 Å². The highest BCUT2D eigenvalue weighted by atomic mass is 16.5. The number of esters is 1. The number of ether oxygens (including phenoxy) is 1. The number of furan rings is 1. The van der Waals surface area contributed by atoms with Crippen LogP contribution in [-0.4, -0.2) is 54.8 Å². The topological polar surface area (TPSA) is 138 Å². The second-order valence-electron chi connectivity index (χ2n) is 7.38. The van der Waals surface area contributed by atoms with Gasteiger partial charge in [0.05, 0.1) is 31.8 Å².